The molecule has 2 heterocycles. The van der Waals surface area contributed by atoms with E-state index in [-0.39, 0.29) is 5.91 Å². The largest absolute Gasteiger partial charge is 0.363 e. The van der Waals surface area contributed by atoms with Crippen molar-refractivity contribution in [2.45, 2.75) is 19.4 Å². The molecule has 1 aliphatic heterocycles. The van der Waals surface area contributed by atoms with Crippen molar-refractivity contribution in [2.24, 2.45) is 7.05 Å². The number of nitrogens with one attached hydrogen (secondary N) is 1. The maximum absolute atomic E-state index is 12.4. The highest BCUT2D eigenvalue weighted by Gasteiger charge is 2.28. The molecule has 0 saturated carbocycles. The summed E-state index contributed by atoms with van der Waals surface area (Å²) in [4.78, 5) is 16.5. The summed E-state index contributed by atoms with van der Waals surface area (Å²) >= 11 is 0. The number of hydrogen-bond donors (Lipinski definition) is 1. The molecule has 20 heavy (non-hydrogen) atoms. The fourth-order valence-electron chi connectivity index (χ4n) is 2.41. The van der Waals surface area contributed by atoms with Gasteiger partial charge in [0.05, 0.1) is 6.61 Å². The number of rotatable bonds is 2. The third kappa shape index (κ3) is 2.30. The summed E-state index contributed by atoms with van der Waals surface area (Å²) in [6, 6.07) is 7.86. The molecule has 0 spiro atoms. The van der Waals surface area contributed by atoms with Crippen LogP contribution in [0.2, 0.25) is 0 Å². The van der Waals surface area contributed by atoms with E-state index in [1.54, 1.807) is 18.7 Å². The summed E-state index contributed by atoms with van der Waals surface area (Å²) in [5, 5.41) is 6.87. The van der Waals surface area contributed by atoms with Crippen molar-refractivity contribution in [1.82, 2.24) is 14.8 Å². The zero-order valence-electron chi connectivity index (χ0n) is 11.5. The Kier molecular flexibility index (Phi) is 3.23. The van der Waals surface area contributed by atoms with Crippen LogP contribution in [0.1, 0.15) is 23.1 Å². The Balaban J connectivity index is 1.83. The van der Waals surface area contributed by atoms with Crippen LogP contribution in [-0.4, -0.2) is 27.3 Å². The third-order valence-electron chi connectivity index (χ3n) is 3.34. The number of anilines is 1. The Morgan fingerprint density at radius 2 is 2.25 bits per heavy atom. The van der Waals surface area contributed by atoms with Crippen LogP contribution in [0.15, 0.2) is 24.3 Å². The van der Waals surface area contributed by atoms with Crippen LogP contribution >= 0.6 is 0 Å². The Labute approximate surface area is 116 Å². The highest BCUT2D eigenvalue weighted by molar-refractivity contribution is 5.93. The summed E-state index contributed by atoms with van der Waals surface area (Å²) in [7, 11) is 1.74. The van der Waals surface area contributed by atoms with Gasteiger partial charge in [0.1, 0.15) is 5.82 Å². The maximum Gasteiger partial charge on any atom is 0.260 e. The van der Waals surface area contributed by atoms with Crippen LogP contribution in [0.25, 0.3) is 0 Å². The summed E-state index contributed by atoms with van der Waals surface area (Å²) in [6.45, 7) is 2.33. The number of carbonyl (C=O) groups excluding carboxylic acids is 1. The van der Waals surface area contributed by atoms with Gasteiger partial charge in [-0.25, -0.2) is 4.68 Å². The minimum atomic E-state index is -0.586. The lowest BCUT2D eigenvalue weighted by Crippen LogP contribution is -2.29. The van der Waals surface area contributed by atoms with Gasteiger partial charge in [-0.2, -0.15) is 10.1 Å². The van der Waals surface area contributed by atoms with E-state index in [2.05, 4.69) is 15.4 Å². The fraction of sp³-hybridized carbons (Fsp3) is 0.357. The molecule has 0 saturated heterocycles. The van der Waals surface area contributed by atoms with E-state index in [0.29, 0.717) is 18.4 Å². The lowest BCUT2D eigenvalue weighted by Gasteiger charge is -2.24. The highest BCUT2D eigenvalue weighted by Crippen LogP contribution is 2.27. The van der Waals surface area contributed by atoms with E-state index in [9.17, 15) is 4.79 Å². The van der Waals surface area contributed by atoms with Gasteiger partial charge in [-0.3, -0.25) is 10.1 Å². The van der Waals surface area contributed by atoms with E-state index < -0.39 is 6.10 Å². The van der Waals surface area contributed by atoms with Crippen LogP contribution in [0, 0.1) is 6.92 Å². The summed E-state index contributed by atoms with van der Waals surface area (Å²) in [6.07, 6.45) is 0.250. The Morgan fingerprint density at radius 1 is 1.45 bits per heavy atom. The van der Waals surface area contributed by atoms with Gasteiger partial charge < -0.3 is 4.74 Å². The monoisotopic (exact) mass is 272 g/mol. The first kappa shape index (κ1) is 12.8. The van der Waals surface area contributed by atoms with Gasteiger partial charge in [-0.15, -0.1) is 0 Å². The normalized spacial score (nSPS) is 17.6. The fourth-order valence-corrected chi connectivity index (χ4v) is 2.41. The second kappa shape index (κ2) is 5.05. The lowest BCUT2D eigenvalue weighted by atomic mass is 9.97. The van der Waals surface area contributed by atoms with E-state index >= 15 is 0 Å². The van der Waals surface area contributed by atoms with Crippen molar-refractivity contribution in [3.05, 3.63) is 41.2 Å². The van der Waals surface area contributed by atoms with Gasteiger partial charge >= 0.3 is 0 Å². The number of aryl methyl sites for hydroxylation is 2. The van der Waals surface area contributed by atoms with Gasteiger partial charge in [0.15, 0.2) is 6.10 Å². The number of benzene rings is 1. The van der Waals surface area contributed by atoms with E-state index in [1.165, 1.54) is 0 Å². The van der Waals surface area contributed by atoms with Crippen molar-refractivity contribution >= 4 is 11.9 Å². The summed E-state index contributed by atoms with van der Waals surface area (Å²) in [5.41, 5.74) is 2.09. The number of carbonyl (C=O) groups is 1. The van der Waals surface area contributed by atoms with Crippen molar-refractivity contribution < 1.29 is 9.53 Å². The zero-order chi connectivity index (χ0) is 14.1. The predicted molar refractivity (Wildman–Crippen MR) is 73.2 cm³/mol. The van der Waals surface area contributed by atoms with Crippen LogP contribution in [0.3, 0.4) is 0 Å². The molecule has 6 nitrogen and oxygen atoms in total. The molecule has 3 rings (SSSR count). The molecule has 0 unspecified atom stereocenters. The van der Waals surface area contributed by atoms with Crippen molar-refractivity contribution in [2.75, 3.05) is 11.9 Å². The van der Waals surface area contributed by atoms with Crippen molar-refractivity contribution in [3.63, 3.8) is 0 Å². The van der Waals surface area contributed by atoms with Gasteiger partial charge in [-0.1, -0.05) is 24.3 Å². The summed E-state index contributed by atoms with van der Waals surface area (Å²) in [5.74, 6) is 0.833. The first-order valence-corrected chi connectivity index (χ1v) is 6.53. The molecule has 1 aromatic heterocycles. The van der Waals surface area contributed by atoms with E-state index in [1.807, 2.05) is 24.3 Å². The standard InChI is InChI=1S/C14H16N4O2/c1-9-15-14(18(2)17-9)16-13(19)12-11-6-4-3-5-10(11)7-8-20-12/h3-6,12H,7-8H2,1-2H3,(H,15,16,17,19)/t12-/m0/s1. The SMILES string of the molecule is Cc1nc(NC(=O)[C@H]2OCCc3ccccc32)n(C)n1. The van der Waals surface area contributed by atoms with Gasteiger partial charge in [0, 0.05) is 7.05 Å². The molecule has 0 radical (unpaired) electrons. The highest BCUT2D eigenvalue weighted by atomic mass is 16.5. The average molecular weight is 272 g/mol. The molecule has 0 aliphatic carbocycles. The molecule has 2 aromatic rings. The molecule has 0 bridgehead atoms. The predicted octanol–water partition coefficient (Wildman–Crippen LogP) is 1.38. The van der Waals surface area contributed by atoms with Crippen LogP contribution in [0.4, 0.5) is 5.95 Å². The first-order valence-electron chi connectivity index (χ1n) is 6.53. The summed E-state index contributed by atoms with van der Waals surface area (Å²) < 4.78 is 7.16. The van der Waals surface area contributed by atoms with Gasteiger partial charge in [-0.05, 0) is 24.5 Å². The second-order valence-electron chi connectivity index (χ2n) is 4.80. The lowest BCUT2D eigenvalue weighted by molar-refractivity contribution is -0.128. The smallest absolute Gasteiger partial charge is 0.260 e. The van der Waals surface area contributed by atoms with Crippen LogP contribution in [0.5, 0.6) is 0 Å². The van der Waals surface area contributed by atoms with Gasteiger partial charge in [0.25, 0.3) is 5.91 Å². The topological polar surface area (TPSA) is 69.0 Å². The molecule has 1 N–H and O–H groups in total. The minimum absolute atomic E-state index is 0.215. The minimum Gasteiger partial charge on any atom is -0.363 e. The number of fused-ring (bicyclic) bond motifs is 1. The molecule has 1 aromatic carbocycles. The van der Waals surface area contributed by atoms with Crippen molar-refractivity contribution in [1.29, 1.82) is 0 Å². The van der Waals surface area contributed by atoms with Gasteiger partial charge in [0.2, 0.25) is 5.95 Å². The Morgan fingerprint density at radius 3 is 3.00 bits per heavy atom. The third-order valence-corrected chi connectivity index (χ3v) is 3.34. The molecular formula is C14H16N4O2. The van der Waals surface area contributed by atoms with Crippen LogP contribution in [-0.2, 0) is 23.0 Å². The Hall–Kier alpha value is -2.21. The molecule has 6 heteroatoms. The molecule has 1 amide bonds. The molecule has 1 aliphatic rings. The average Bonchev–Trinajstić information content (AvgIpc) is 2.76. The molecule has 104 valence electrons. The number of ether oxygens (including phenoxy) is 1. The quantitative estimate of drug-likeness (QED) is 0.896. The molecule has 0 fully saturated rings. The number of nitrogens with zero attached hydrogens (tertiary/aromatic N) is 3. The van der Waals surface area contributed by atoms with E-state index in [4.69, 9.17) is 4.74 Å². The van der Waals surface area contributed by atoms with E-state index in [0.717, 1.165) is 17.5 Å². The maximum atomic E-state index is 12.4. The van der Waals surface area contributed by atoms with Crippen molar-refractivity contribution in [3.8, 4) is 0 Å². The Bertz CT molecular complexity index is 650. The number of amides is 1. The number of hydrogen-bond acceptors (Lipinski definition) is 4. The van der Waals surface area contributed by atoms with Crippen LogP contribution < -0.4 is 5.32 Å². The molecular weight excluding hydrogens is 256 g/mol. The molecule has 1 atom stereocenters. The first-order chi connectivity index (χ1) is 9.65. The number of aromatic nitrogens is 3. The zero-order valence-corrected chi connectivity index (χ0v) is 11.5. The second-order valence-corrected chi connectivity index (χ2v) is 4.80.